The van der Waals surface area contributed by atoms with Crippen LogP contribution in [-0.4, -0.2) is 17.7 Å². The molecular formula is C19H21NO4. The summed E-state index contributed by atoms with van der Waals surface area (Å²) in [7, 11) is 0. The highest BCUT2D eigenvalue weighted by molar-refractivity contribution is 6.01. The van der Waals surface area contributed by atoms with E-state index in [-0.39, 0.29) is 11.3 Å². The maximum Gasteiger partial charge on any atom is 0.412 e. The normalized spacial score (nSPS) is 11.0. The Balaban J connectivity index is 2.43. The molecule has 1 amide bonds. The molecular weight excluding hydrogens is 306 g/mol. The third kappa shape index (κ3) is 4.35. The minimum atomic E-state index is -0.629. The minimum absolute atomic E-state index is 0.270. The monoisotopic (exact) mass is 327 g/mol. The molecule has 0 saturated heterocycles. The summed E-state index contributed by atoms with van der Waals surface area (Å²) >= 11 is 0. The fourth-order valence-electron chi connectivity index (χ4n) is 2.04. The number of benzene rings is 2. The van der Waals surface area contributed by atoms with Gasteiger partial charge in [-0.05, 0) is 39.1 Å². The van der Waals surface area contributed by atoms with Crippen LogP contribution in [0.4, 0.5) is 10.5 Å². The van der Waals surface area contributed by atoms with Crippen molar-refractivity contribution in [1.29, 1.82) is 0 Å². The van der Waals surface area contributed by atoms with Gasteiger partial charge < -0.3 is 9.47 Å². The number of hydrogen-bond donors (Lipinski definition) is 1. The predicted octanol–water partition coefficient (Wildman–Crippen LogP) is 4.67. The van der Waals surface area contributed by atoms with Crippen LogP contribution in [0, 0.1) is 0 Å². The van der Waals surface area contributed by atoms with Gasteiger partial charge in [-0.1, -0.05) is 36.9 Å². The molecule has 0 atom stereocenters. The molecule has 2 aromatic carbocycles. The Morgan fingerprint density at radius 2 is 1.75 bits per heavy atom. The van der Waals surface area contributed by atoms with E-state index in [2.05, 4.69) is 11.9 Å². The number of amides is 1. The van der Waals surface area contributed by atoms with Gasteiger partial charge in [0.2, 0.25) is 0 Å². The van der Waals surface area contributed by atoms with Crippen molar-refractivity contribution in [3.63, 3.8) is 0 Å². The van der Waals surface area contributed by atoms with Crippen molar-refractivity contribution >= 4 is 28.5 Å². The number of nitrogens with one attached hydrogen (secondary N) is 1. The number of carbonyl (C=O) groups is 2. The van der Waals surface area contributed by atoms with Gasteiger partial charge in [-0.2, -0.15) is 0 Å². The van der Waals surface area contributed by atoms with Crippen molar-refractivity contribution in [2.24, 2.45) is 0 Å². The van der Waals surface area contributed by atoms with Crippen molar-refractivity contribution in [3.05, 3.63) is 48.6 Å². The van der Waals surface area contributed by atoms with Crippen LogP contribution in [0.2, 0.25) is 0 Å². The topological polar surface area (TPSA) is 64.6 Å². The van der Waals surface area contributed by atoms with Gasteiger partial charge in [-0.15, -0.1) is 0 Å². The summed E-state index contributed by atoms with van der Waals surface area (Å²) in [4.78, 5) is 24.0. The molecule has 0 bridgehead atoms. The average Bonchev–Trinajstić information content (AvgIpc) is 2.47. The molecule has 126 valence electrons. The lowest BCUT2D eigenvalue weighted by atomic mass is 10.1. The highest BCUT2D eigenvalue weighted by Crippen LogP contribution is 2.34. The molecule has 0 aliphatic heterocycles. The Kier molecular flexibility index (Phi) is 4.93. The lowest BCUT2D eigenvalue weighted by Gasteiger charge is -2.20. The van der Waals surface area contributed by atoms with Crippen molar-refractivity contribution < 1.29 is 19.1 Å². The second-order valence-electron chi connectivity index (χ2n) is 6.46. The van der Waals surface area contributed by atoms with E-state index < -0.39 is 17.7 Å². The van der Waals surface area contributed by atoms with E-state index >= 15 is 0 Å². The van der Waals surface area contributed by atoms with Crippen LogP contribution in [0.5, 0.6) is 5.75 Å². The van der Waals surface area contributed by atoms with Gasteiger partial charge in [0, 0.05) is 11.0 Å². The van der Waals surface area contributed by atoms with Crippen molar-refractivity contribution in [1.82, 2.24) is 0 Å². The van der Waals surface area contributed by atoms with Crippen LogP contribution in [0.15, 0.2) is 48.6 Å². The quantitative estimate of drug-likeness (QED) is 0.505. The maximum atomic E-state index is 12.0. The molecule has 5 nitrogen and oxygen atoms in total. The summed E-state index contributed by atoms with van der Waals surface area (Å²) in [5.41, 5.74) is -0.00106. The number of hydrogen-bond acceptors (Lipinski definition) is 4. The van der Waals surface area contributed by atoms with Crippen LogP contribution >= 0.6 is 0 Å². The van der Waals surface area contributed by atoms with Crippen LogP contribution in [0.1, 0.15) is 27.7 Å². The van der Waals surface area contributed by atoms with Gasteiger partial charge in [0.1, 0.15) is 5.60 Å². The average molecular weight is 327 g/mol. The number of fused-ring (bicyclic) bond motifs is 1. The second-order valence-corrected chi connectivity index (χ2v) is 6.46. The van der Waals surface area contributed by atoms with Gasteiger partial charge in [0.15, 0.2) is 5.75 Å². The number of rotatable bonds is 3. The highest BCUT2D eigenvalue weighted by Gasteiger charge is 2.20. The van der Waals surface area contributed by atoms with E-state index in [1.54, 1.807) is 33.8 Å². The summed E-state index contributed by atoms with van der Waals surface area (Å²) in [5.74, 6) is -0.287. The third-order valence-electron chi connectivity index (χ3n) is 3.06. The Morgan fingerprint density at radius 3 is 2.38 bits per heavy atom. The summed E-state index contributed by atoms with van der Waals surface area (Å²) < 4.78 is 10.7. The molecule has 0 heterocycles. The Hall–Kier alpha value is -2.82. The third-order valence-corrected chi connectivity index (χ3v) is 3.06. The molecule has 1 N–H and O–H groups in total. The fraction of sp³-hybridized carbons (Fsp3) is 0.263. The number of carbonyl (C=O) groups excluding carboxylic acids is 2. The first kappa shape index (κ1) is 17.5. The zero-order valence-electron chi connectivity index (χ0n) is 14.3. The van der Waals surface area contributed by atoms with Gasteiger partial charge in [-0.25, -0.2) is 9.59 Å². The standard InChI is InChI=1S/C19H21NO4/c1-12(2)17(21)23-16-14-9-7-6-8-13(14)10-11-15(16)20-18(22)24-19(3,4)5/h6-11H,1H2,2-5H3,(H,20,22). The van der Waals surface area contributed by atoms with E-state index in [1.807, 2.05) is 30.3 Å². The van der Waals surface area contributed by atoms with E-state index in [0.29, 0.717) is 11.1 Å². The largest absolute Gasteiger partial charge is 0.444 e. The van der Waals surface area contributed by atoms with Gasteiger partial charge in [-0.3, -0.25) is 5.32 Å². The smallest absolute Gasteiger partial charge is 0.412 e. The molecule has 0 aromatic heterocycles. The Bertz CT molecular complexity index is 803. The van der Waals surface area contributed by atoms with E-state index in [0.717, 1.165) is 5.39 Å². The van der Waals surface area contributed by atoms with Crippen molar-refractivity contribution in [3.8, 4) is 5.75 Å². The summed E-state index contributed by atoms with van der Waals surface area (Å²) in [6, 6.07) is 10.9. The molecule has 2 rings (SSSR count). The number of anilines is 1. The Labute approximate surface area is 141 Å². The van der Waals surface area contributed by atoms with Crippen LogP contribution in [-0.2, 0) is 9.53 Å². The first-order valence-corrected chi connectivity index (χ1v) is 7.57. The summed E-state index contributed by atoms with van der Waals surface area (Å²) in [6.07, 6.45) is -0.620. The first-order valence-electron chi connectivity index (χ1n) is 7.57. The lowest BCUT2D eigenvalue weighted by Crippen LogP contribution is -2.27. The minimum Gasteiger partial charge on any atom is -0.444 e. The van der Waals surface area contributed by atoms with Crippen LogP contribution < -0.4 is 10.1 Å². The molecule has 24 heavy (non-hydrogen) atoms. The van der Waals surface area contributed by atoms with E-state index in [9.17, 15) is 9.59 Å². The predicted molar refractivity (Wildman–Crippen MR) is 94.3 cm³/mol. The molecule has 0 spiro atoms. The second kappa shape index (κ2) is 6.74. The Morgan fingerprint density at radius 1 is 1.08 bits per heavy atom. The van der Waals surface area contributed by atoms with Gasteiger partial charge in [0.25, 0.3) is 0 Å². The molecule has 0 aliphatic rings. The highest BCUT2D eigenvalue weighted by atomic mass is 16.6. The number of ether oxygens (including phenoxy) is 2. The fourth-order valence-corrected chi connectivity index (χ4v) is 2.04. The SMILES string of the molecule is C=C(C)C(=O)Oc1c(NC(=O)OC(C)(C)C)ccc2ccccc12. The molecule has 0 fully saturated rings. The number of esters is 1. The van der Waals surface area contributed by atoms with Gasteiger partial charge >= 0.3 is 12.1 Å². The van der Waals surface area contributed by atoms with E-state index in [4.69, 9.17) is 9.47 Å². The van der Waals surface area contributed by atoms with Crippen molar-refractivity contribution in [2.75, 3.05) is 5.32 Å². The zero-order chi connectivity index (χ0) is 17.9. The molecule has 5 heteroatoms. The molecule has 0 saturated carbocycles. The van der Waals surface area contributed by atoms with Crippen molar-refractivity contribution in [2.45, 2.75) is 33.3 Å². The molecule has 0 unspecified atom stereocenters. The summed E-state index contributed by atoms with van der Waals surface area (Å²) in [5, 5.41) is 4.23. The van der Waals surface area contributed by atoms with Crippen LogP contribution in [0.25, 0.3) is 10.8 Å². The molecule has 0 radical (unpaired) electrons. The first-order chi connectivity index (χ1) is 11.2. The maximum absolute atomic E-state index is 12.0. The molecule has 0 aliphatic carbocycles. The molecule has 2 aromatic rings. The zero-order valence-corrected chi connectivity index (χ0v) is 14.3. The summed E-state index contributed by atoms with van der Waals surface area (Å²) in [6.45, 7) is 10.5. The van der Waals surface area contributed by atoms with E-state index in [1.165, 1.54) is 0 Å². The van der Waals surface area contributed by atoms with Gasteiger partial charge in [0.05, 0.1) is 5.69 Å². The lowest BCUT2D eigenvalue weighted by molar-refractivity contribution is -0.129. The van der Waals surface area contributed by atoms with Crippen LogP contribution in [0.3, 0.4) is 0 Å².